The topological polar surface area (TPSA) is 55.1 Å². The Balaban J connectivity index is 2.55. The van der Waals surface area contributed by atoms with Crippen LogP contribution >= 0.6 is 11.8 Å². The molecule has 0 aliphatic rings. The first-order valence-electron chi connectivity index (χ1n) is 4.33. The van der Waals surface area contributed by atoms with Crippen LogP contribution in [0.2, 0.25) is 0 Å². The van der Waals surface area contributed by atoms with Crippen molar-refractivity contribution in [2.75, 3.05) is 11.6 Å². The number of hydrogen-bond donors (Lipinski definition) is 2. The molecule has 0 aromatic heterocycles. The quantitative estimate of drug-likeness (QED) is 0.454. The van der Waals surface area contributed by atoms with Gasteiger partial charge in [0.2, 0.25) is 5.91 Å². The molecular formula is C10H14N2OS. The normalized spacial score (nSPS) is 9.86. The molecule has 0 aliphatic heterocycles. The van der Waals surface area contributed by atoms with E-state index in [1.54, 1.807) is 0 Å². The Labute approximate surface area is 88.1 Å². The van der Waals surface area contributed by atoms with E-state index in [2.05, 4.69) is 5.32 Å². The number of amides is 1. The second-order valence-electron chi connectivity index (χ2n) is 3.06. The summed E-state index contributed by atoms with van der Waals surface area (Å²) in [6, 6.07) is 5.90. The number of anilines is 1. The standard InChI is InChI=1S/C10H14N2OS/c1-7-3-4-10(9(11)5-7)14-6-12-8(2)13/h3-5H,6,11H2,1-2H3,(H,12,13). The highest BCUT2D eigenvalue weighted by atomic mass is 32.2. The van der Waals surface area contributed by atoms with Gasteiger partial charge < -0.3 is 11.1 Å². The van der Waals surface area contributed by atoms with Crippen molar-refractivity contribution in [3.63, 3.8) is 0 Å². The van der Waals surface area contributed by atoms with E-state index < -0.39 is 0 Å². The second kappa shape index (κ2) is 4.91. The van der Waals surface area contributed by atoms with E-state index in [-0.39, 0.29) is 5.91 Å². The van der Waals surface area contributed by atoms with Crippen LogP contribution in [0, 0.1) is 6.92 Å². The molecule has 0 atom stereocenters. The molecule has 0 fully saturated rings. The van der Waals surface area contributed by atoms with Crippen molar-refractivity contribution in [1.29, 1.82) is 0 Å². The maximum absolute atomic E-state index is 10.6. The van der Waals surface area contributed by atoms with Crippen molar-refractivity contribution < 1.29 is 4.79 Å². The highest BCUT2D eigenvalue weighted by Gasteiger charge is 1.99. The van der Waals surface area contributed by atoms with Crippen molar-refractivity contribution in [2.24, 2.45) is 0 Å². The molecule has 1 aromatic rings. The fourth-order valence-corrected chi connectivity index (χ4v) is 1.84. The van der Waals surface area contributed by atoms with Gasteiger partial charge in [-0.1, -0.05) is 6.07 Å². The summed E-state index contributed by atoms with van der Waals surface area (Å²) in [4.78, 5) is 11.6. The summed E-state index contributed by atoms with van der Waals surface area (Å²) in [5, 5.41) is 2.70. The fraction of sp³-hybridized carbons (Fsp3) is 0.300. The van der Waals surface area contributed by atoms with E-state index in [4.69, 9.17) is 5.73 Å². The molecule has 0 radical (unpaired) electrons. The highest BCUT2D eigenvalue weighted by Crippen LogP contribution is 2.24. The Kier molecular flexibility index (Phi) is 3.83. The number of benzene rings is 1. The number of carbonyl (C=O) groups excluding carboxylic acids is 1. The van der Waals surface area contributed by atoms with E-state index in [0.29, 0.717) is 5.88 Å². The van der Waals surface area contributed by atoms with Gasteiger partial charge in [-0.05, 0) is 24.6 Å². The van der Waals surface area contributed by atoms with E-state index >= 15 is 0 Å². The summed E-state index contributed by atoms with van der Waals surface area (Å²) in [5.74, 6) is 0.533. The number of nitrogens with one attached hydrogen (secondary N) is 1. The Hall–Kier alpha value is -1.16. The summed E-state index contributed by atoms with van der Waals surface area (Å²) < 4.78 is 0. The molecule has 0 heterocycles. The number of aryl methyl sites for hydroxylation is 1. The zero-order valence-corrected chi connectivity index (χ0v) is 9.15. The molecule has 0 spiro atoms. The lowest BCUT2D eigenvalue weighted by Gasteiger charge is -2.06. The van der Waals surface area contributed by atoms with Crippen LogP contribution in [-0.2, 0) is 4.79 Å². The van der Waals surface area contributed by atoms with Crippen LogP contribution in [0.15, 0.2) is 23.1 Å². The third kappa shape index (κ3) is 3.30. The molecule has 4 heteroatoms. The van der Waals surface area contributed by atoms with Crippen molar-refractivity contribution in [3.8, 4) is 0 Å². The molecule has 0 unspecified atom stereocenters. The smallest absolute Gasteiger partial charge is 0.217 e. The van der Waals surface area contributed by atoms with Gasteiger partial charge in [-0.2, -0.15) is 0 Å². The third-order valence-electron chi connectivity index (χ3n) is 1.71. The zero-order chi connectivity index (χ0) is 10.6. The van der Waals surface area contributed by atoms with Gasteiger partial charge in [0.25, 0.3) is 0 Å². The number of nitrogens with two attached hydrogens (primary N) is 1. The average Bonchev–Trinajstić information content (AvgIpc) is 2.08. The molecule has 1 rings (SSSR count). The largest absolute Gasteiger partial charge is 0.398 e. The number of nitrogen functional groups attached to an aromatic ring is 1. The van der Waals surface area contributed by atoms with Crippen LogP contribution in [0.4, 0.5) is 5.69 Å². The van der Waals surface area contributed by atoms with Crippen molar-refractivity contribution >= 4 is 23.4 Å². The van der Waals surface area contributed by atoms with Gasteiger partial charge in [-0.25, -0.2) is 0 Å². The van der Waals surface area contributed by atoms with E-state index in [1.165, 1.54) is 18.7 Å². The maximum atomic E-state index is 10.6. The molecule has 0 saturated carbocycles. The zero-order valence-electron chi connectivity index (χ0n) is 8.33. The maximum Gasteiger partial charge on any atom is 0.217 e. The molecule has 1 amide bonds. The number of rotatable bonds is 3. The van der Waals surface area contributed by atoms with Gasteiger partial charge >= 0.3 is 0 Å². The van der Waals surface area contributed by atoms with Gasteiger partial charge in [0.05, 0.1) is 5.88 Å². The lowest BCUT2D eigenvalue weighted by Crippen LogP contribution is -2.18. The van der Waals surface area contributed by atoms with Crippen LogP contribution in [0.3, 0.4) is 0 Å². The predicted molar refractivity (Wildman–Crippen MR) is 60.1 cm³/mol. The molecule has 0 saturated heterocycles. The Morgan fingerprint density at radius 3 is 2.86 bits per heavy atom. The SMILES string of the molecule is CC(=O)NCSc1ccc(C)cc1N. The molecule has 3 nitrogen and oxygen atoms in total. The van der Waals surface area contributed by atoms with Crippen LogP contribution in [0.5, 0.6) is 0 Å². The van der Waals surface area contributed by atoms with Crippen LogP contribution in [0.1, 0.15) is 12.5 Å². The Morgan fingerprint density at radius 2 is 2.29 bits per heavy atom. The van der Waals surface area contributed by atoms with Gasteiger partial charge in [-0.3, -0.25) is 4.79 Å². The number of thioether (sulfide) groups is 1. The fourth-order valence-electron chi connectivity index (χ4n) is 1.01. The minimum atomic E-state index is -0.0248. The molecule has 14 heavy (non-hydrogen) atoms. The first kappa shape index (κ1) is 10.9. The Bertz CT molecular complexity index is 339. The molecule has 1 aromatic carbocycles. The summed E-state index contributed by atoms with van der Waals surface area (Å²) in [7, 11) is 0. The van der Waals surface area contributed by atoms with Gasteiger partial charge in [0.1, 0.15) is 0 Å². The van der Waals surface area contributed by atoms with E-state index in [9.17, 15) is 4.79 Å². The summed E-state index contributed by atoms with van der Waals surface area (Å²) in [6.45, 7) is 3.50. The van der Waals surface area contributed by atoms with E-state index in [0.717, 1.165) is 16.1 Å². The summed E-state index contributed by atoms with van der Waals surface area (Å²) in [5.41, 5.74) is 7.71. The summed E-state index contributed by atoms with van der Waals surface area (Å²) >= 11 is 1.53. The van der Waals surface area contributed by atoms with Crippen LogP contribution in [-0.4, -0.2) is 11.8 Å². The molecule has 76 valence electrons. The first-order valence-corrected chi connectivity index (χ1v) is 5.31. The lowest BCUT2D eigenvalue weighted by atomic mass is 10.2. The van der Waals surface area contributed by atoms with Crippen molar-refractivity contribution in [3.05, 3.63) is 23.8 Å². The lowest BCUT2D eigenvalue weighted by molar-refractivity contribution is -0.118. The number of hydrogen-bond acceptors (Lipinski definition) is 3. The molecule has 0 bridgehead atoms. The average molecular weight is 210 g/mol. The molecule has 0 aliphatic carbocycles. The van der Waals surface area contributed by atoms with Gasteiger partial charge in [0.15, 0.2) is 0 Å². The van der Waals surface area contributed by atoms with Crippen molar-refractivity contribution in [2.45, 2.75) is 18.7 Å². The van der Waals surface area contributed by atoms with Crippen LogP contribution < -0.4 is 11.1 Å². The minimum absolute atomic E-state index is 0.0248. The number of carbonyl (C=O) groups is 1. The predicted octanol–water partition coefficient (Wildman–Crippen LogP) is 1.76. The highest BCUT2D eigenvalue weighted by molar-refractivity contribution is 7.99. The first-order chi connectivity index (χ1) is 6.59. The monoisotopic (exact) mass is 210 g/mol. The second-order valence-corrected chi connectivity index (χ2v) is 4.08. The van der Waals surface area contributed by atoms with Crippen molar-refractivity contribution in [1.82, 2.24) is 5.32 Å². The van der Waals surface area contributed by atoms with Gasteiger partial charge in [0, 0.05) is 17.5 Å². The molecule has 3 N–H and O–H groups in total. The minimum Gasteiger partial charge on any atom is -0.398 e. The van der Waals surface area contributed by atoms with E-state index in [1.807, 2.05) is 25.1 Å². The third-order valence-corrected chi connectivity index (χ3v) is 2.69. The van der Waals surface area contributed by atoms with Crippen LogP contribution in [0.25, 0.3) is 0 Å². The summed E-state index contributed by atoms with van der Waals surface area (Å²) in [6.07, 6.45) is 0. The Morgan fingerprint density at radius 1 is 1.57 bits per heavy atom. The molecular weight excluding hydrogens is 196 g/mol. The van der Waals surface area contributed by atoms with Gasteiger partial charge in [-0.15, -0.1) is 11.8 Å².